The Hall–Kier alpha value is -1.45. The number of amides is 1. The number of carbonyl (C=O) groups excluding carboxylic acids is 1. The molecule has 1 aliphatic carbocycles. The molecule has 0 aromatic carbocycles. The van der Waals surface area contributed by atoms with Crippen LogP contribution in [0.4, 0.5) is 18.0 Å². The van der Waals surface area contributed by atoms with Crippen molar-refractivity contribution in [1.82, 2.24) is 4.90 Å². The summed E-state index contributed by atoms with van der Waals surface area (Å²) in [5.74, 6) is -0.763. The Bertz CT molecular complexity index is 572. The minimum atomic E-state index is -5.68. The van der Waals surface area contributed by atoms with Crippen molar-refractivity contribution in [3.8, 4) is 0 Å². The maximum atomic E-state index is 12.4. The molecule has 2 aliphatic rings. The highest BCUT2D eigenvalue weighted by Crippen LogP contribution is 2.38. The van der Waals surface area contributed by atoms with Crippen LogP contribution in [0, 0.1) is 11.8 Å². The second-order valence-electron chi connectivity index (χ2n) is 5.23. The Kier molecular flexibility index (Phi) is 4.59. The molecule has 2 bridgehead atoms. The Morgan fingerprint density at radius 2 is 2.09 bits per heavy atom. The summed E-state index contributed by atoms with van der Waals surface area (Å²) in [5, 5.41) is 0. The van der Waals surface area contributed by atoms with Crippen molar-refractivity contribution in [1.29, 1.82) is 0 Å². The van der Waals surface area contributed by atoms with E-state index in [2.05, 4.69) is 4.18 Å². The summed E-state index contributed by atoms with van der Waals surface area (Å²) in [7, 11) is -5.68. The highest BCUT2D eigenvalue weighted by molar-refractivity contribution is 7.87. The van der Waals surface area contributed by atoms with Gasteiger partial charge >= 0.3 is 21.7 Å². The number of halogens is 3. The van der Waals surface area contributed by atoms with Crippen molar-refractivity contribution in [2.75, 3.05) is 19.7 Å². The van der Waals surface area contributed by atoms with Gasteiger partial charge in [0.05, 0.1) is 6.61 Å². The van der Waals surface area contributed by atoms with Gasteiger partial charge in [-0.05, 0) is 31.8 Å². The van der Waals surface area contributed by atoms with E-state index in [9.17, 15) is 26.4 Å². The van der Waals surface area contributed by atoms with Crippen LogP contribution in [-0.2, 0) is 19.0 Å². The molecule has 0 N–H and O–H groups in total. The average Bonchev–Trinajstić information content (AvgIpc) is 2.41. The van der Waals surface area contributed by atoms with E-state index in [1.54, 1.807) is 6.92 Å². The van der Waals surface area contributed by atoms with Crippen LogP contribution in [0.1, 0.15) is 19.8 Å². The normalized spacial score (nSPS) is 25.5. The van der Waals surface area contributed by atoms with Crippen LogP contribution in [0.3, 0.4) is 0 Å². The molecule has 1 aliphatic heterocycles. The first kappa shape index (κ1) is 16.9. The summed E-state index contributed by atoms with van der Waals surface area (Å²) >= 11 is 0. The first-order chi connectivity index (χ1) is 10.1. The molecule has 2 unspecified atom stereocenters. The Morgan fingerprint density at radius 3 is 2.68 bits per heavy atom. The third-order valence-corrected chi connectivity index (χ3v) is 4.59. The van der Waals surface area contributed by atoms with E-state index in [1.807, 2.05) is 0 Å². The van der Waals surface area contributed by atoms with Gasteiger partial charge in [0.1, 0.15) is 5.76 Å². The van der Waals surface area contributed by atoms with Gasteiger partial charge in [-0.3, -0.25) is 0 Å². The molecule has 2 atom stereocenters. The minimum absolute atomic E-state index is 0.0593. The lowest BCUT2D eigenvalue weighted by atomic mass is 9.81. The second-order valence-corrected chi connectivity index (χ2v) is 6.77. The number of alkyl halides is 3. The molecule has 0 saturated carbocycles. The maximum absolute atomic E-state index is 12.4. The SMILES string of the molecule is CCOC(=O)N1CC2CC=C(OS(=O)(=O)C(F)(F)F)C(C2)C1. The molecule has 126 valence electrons. The van der Waals surface area contributed by atoms with Gasteiger partial charge in [-0.2, -0.15) is 21.6 Å². The van der Waals surface area contributed by atoms with E-state index < -0.39 is 27.6 Å². The van der Waals surface area contributed by atoms with E-state index in [-0.39, 0.29) is 24.8 Å². The number of hydrogen-bond acceptors (Lipinski definition) is 5. The lowest BCUT2D eigenvalue weighted by Crippen LogP contribution is -2.46. The Morgan fingerprint density at radius 1 is 1.41 bits per heavy atom. The molecule has 1 amide bonds. The fourth-order valence-corrected chi connectivity index (χ4v) is 3.22. The predicted molar refractivity (Wildman–Crippen MR) is 69.0 cm³/mol. The summed E-state index contributed by atoms with van der Waals surface area (Å²) in [5.41, 5.74) is -5.47. The molecule has 2 rings (SSSR count). The average molecular weight is 343 g/mol. The summed E-state index contributed by atoms with van der Waals surface area (Å²) in [6.07, 6.45) is 1.65. The lowest BCUT2D eigenvalue weighted by molar-refractivity contribution is -0.0533. The van der Waals surface area contributed by atoms with Crippen molar-refractivity contribution in [2.24, 2.45) is 11.8 Å². The van der Waals surface area contributed by atoms with Crippen LogP contribution < -0.4 is 0 Å². The fraction of sp³-hybridized carbons (Fsp3) is 0.750. The molecule has 0 spiro atoms. The summed E-state index contributed by atoms with van der Waals surface area (Å²) in [6, 6.07) is 0. The highest BCUT2D eigenvalue weighted by atomic mass is 32.2. The molecule has 1 fully saturated rings. The van der Waals surface area contributed by atoms with Crippen LogP contribution in [-0.4, -0.2) is 44.6 Å². The number of fused-ring (bicyclic) bond motifs is 2. The van der Waals surface area contributed by atoms with Crippen molar-refractivity contribution >= 4 is 16.2 Å². The van der Waals surface area contributed by atoms with Gasteiger partial charge in [0.15, 0.2) is 0 Å². The van der Waals surface area contributed by atoms with Crippen molar-refractivity contribution in [2.45, 2.75) is 25.3 Å². The van der Waals surface area contributed by atoms with Gasteiger partial charge in [-0.1, -0.05) is 0 Å². The monoisotopic (exact) mass is 343 g/mol. The molecule has 22 heavy (non-hydrogen) atoms. The minimum Gasteiger partial charge on any atom is -0.450 e. The van der Waals surface area contributed by atoms with E-state index in [4.69, 9.17) is 4.74 Å². The topological polar surface area (TPSA) is 72.9 Å². The standard InChI is InChI=1S/C12H16F3NO5S/c1-2-20-11(17)16-6-8-3-4-10(9(5-8)7-16)21-22(18,19)12(13,14)15/h4,8-9H,2-3,5-7H2,1H3. The number of piperidine rings is 1. The number of carbonyl (C=O) groups is 1. The van der Waals surface area contributed by atoms with Crippen LogP contribution in [0.2, 0.25) is 0 Å². The van der Waals surface area contributed by atoms with Crippen molar-refractivity contribution in [3.63, 3.8) is 0 Å². The zero-order valence-corrected chi connectivity index (χ0v) is 12.6. The molecule has 6 nitrogen and oxygen atoms in total. The van der Waals surface area contributed by atoms with Gasteiger partial charge in [-0.15, -0.1) is 0 Å². The van der Waals surface area contributed by atoms with E-state index >= 15 is 0 Å². The Balaban J connectivity index is 2.12. The molecular formula is C12H16F3NO5S. The molecule has 0 aromatic heterocycles. The number of likely N-dealkylation sites (tertiary alicyclic amines) is 1. The molecule has 0 aromatic rings. The summed E-state index contributed by atoms with van der Waals surface area (Å²) < 4.78 is 68.5. The largest absolute Gasteiger partial charge is 0.534 e. The van der Waals surface area contributed by atoms with E-state index in [0.717, 1.165) is 0 Å². The quantitative estimate of drug-likeness (QED) is 0.580. The number of hydrogen-bond donors (Lipinski definition) is 0. The first-order valence-corrected chi connectivity index (χ1v) is 8.17. The first-order valence-electron chi connectivity index (χ1n) is 6.76. The van der Waals surface area contributed by atoms with E-state index in [0.29, 0.717) is 19.4 Å². The third-order valence-electron chi connectivity index (χ3n) is 3.61. The van der Waals surface area contributed by atoms with Crippen LogP contribution in [0.25, 0.3) is 0 Å². The summed E-state index contributed by atoms with van der Waals surface area (Å²) in [4.78, 5) is 13.1. The highest BCUT2D eigenvalue weighted by Gasteiger charge is 2.50. The molecule has 1 heterocycles. The van der Waals surface area contributed by atoms with Crippen molar-refractivity contribution < 1.29 is 35.3 Å². The zero-order valence-electron chi connectivity index (χ0n) is 11.8. The Labute approximate surface area is 126 Å². The molecule has 10 heteroatoms. The van der Waals surface area contributed by atoms with E-state index in [1.165, 1.54) is 11.0 Å². The van der Waals surface area contributed by atoms with Crippen LogP contribution in [0.15, 0.2) is 11.8 Å². The van der Waals surface area contributed by atoms with Gasteiger partial charge in [0.2, 0.25) is 0 Å². The zero-order chi connectivity index (χ0) is 16.5. The van der Waals surface area contributed by atoms with Crippen LogP contribution in [0.5, 0.6) is 0 Å². The molecular weight excluding hydrogens is 327 g/mol. The van der Waals surface area contributed by atoms with Gasteiger partial charge < -0.3 is 13.8 Å². The summed E-state index contributed by atoms with van der Waals surface area (Å²) in [6.45, 7) is 2.35. The van der Waals surface area contributed by atoms with Gasteiger partial charge in [0.25, 0.3) is 0 Å². The second kappa shape index (κ2) is 5.98. The third kappa shape index (κ3) is 3.47. The lowest BCUT2D eigenvalue weighted by Gasteiger charge is -2.40. The molecule has 0 radical (unpaired) electrons. The van der Waals surface area contributed by atoms with Gasteiger partial charge in [-0.25, -0.2) is 4.79 Å². The van der Waals surface area contributed by atoms with Gasteiger partial charge in [0, 0.05) is 19.0 Å². The number of rotatable bonds is 3. The number of allylic oxidation sites excluding steroid dienone is 1. The number of ether oxygens (including phenoxy) is 1. The maximum Gasteiger partial charge on any atom is 0.534 e. The van der Waals surface area contributed by atoms with Crippen LogP contribution >= 0.6 is 0 Å². The smallest absolute Gasteiger partial charge is 0.450 e. The fourth-order valence-electron chi connectivity index (χ4n) is 2.67. The predicted octanol–water partition coefficient (Wildman–Crippen LogP) is 2.23. The number of nitrogens with zero attached hydrogens (tertiary/aromatic N) is 1. The van der Waals surface area contributed by atoms with Crippen molar-refractivity contribution in [3.05, 3.63) is 11.8 Å². The molecule has 1 saturated heterocycles.